The zero-order valence-electron chi connectivity index (χ0n) is 21.3. The average Bonchev–Trinajstić information content (AvgIpc) is 3.41. The van der Waals surface area contributed by atoms with Crippen molar-refractivity contribution in [2.75, 3.05) is 19.5 Å². The first kappa shape index (κ1) is 25.8. The fourth-order valence-electron chi connectivity index (χ4n) is 3.94. The van der Waals surface area contributed by atoms with Gasteiger partial charge in [-0.05, 0) is 29.7 Å². The van der Waals surface area contributed by atoms with Crippen molar-refractivity contribution < 1.29 is 24.2 Å². The third-order valence-electron chi connectivity index (χ3n) is 5.89. The van der Waals surface area contributed by atoms with Gasteiger partial charge >= 0.3 is 0 Å². The lowest BCUT2D eigenvalue weighted by molar-refractivity contribution is 0.0997. The van der Waals surface area contributed by atoms with E-state index in [1.807, 2.05) is 0 Å². The smallest absolute Gasteiger partial charge is 0.259 e. The van der Waals surface area contributed by atoms with E-state index in [4.69, 9.17) is 15.2 Å². The molecule has 0 saturated heterocycles. The maximum Gasteiger partial charge on any atom is 0.259 e. The number of phenols is 1. The summed E-state index contributed by atoms with van der Waals surface area (Å²) in [6.07, 6.45) is 4.21. The maximum absolute atomic E-state index is 13.3. The number of hydrogen-bond acceptors (Lipinski definition) is 10. The molecule has 0 aliphatic carbocycles. The number of hydrogen-bond donors (Lipinski definition) is 3. The Bertz CT molecular complexity index is 1770. The predicted molar refractivity (Wildman–Crippen MR) is 145 cm³/mol. The molecule has 0 atom stereocenters. The van der Waals surface area contributed by atoms with Crippen LogP contribution in [0, 0.1) is 0 Å². The third-order valence-corrected chi connectivity index (χ3v) is 5.89. The molecule has 0 aliphatic rings. The molecule has 200 valence electrons. The van der Waals surface area contributed by atoms with E-state index in [1.165, 1.54) is 43.6 Å². The van der Waals surface area contributed by atoms with Gasteiger partial charge in [0.25, 0.3) is 17.8 Å². The molecule has 2 heterocycles. The summed E-state index contributed by atoms with van der Waals surface area (Å²) in [7, 11) is 2.98. The van der Waals surface area contributed by atoms with E-state index < -0.39 is 17.6 Å². The van der Waals surface area contributed by atoms with Crippen molar-refractivity contribution in [2.45, 2.75) is 0 Å². The van der Waals surface area contributed by atoms with Gasteiger partial charge in [0.1, 0.15) is 22.7 Å². The summed E-state index contributed by atoms with van der Waals surface area (Å²) in [5.41, 5.74) is 5.76. The SMILES string of the molecule is COc1ccc(NC(=O)c2cc3ccccc3c(N=Nc3c(C(N)=O)cnn3-c3ncccn3)c2O)c(OC)c1. The van der Waals surface area contributed by atoms with Gasteiger partial charge in [0, 0.05) is 23.8 Å². The van der Waals surface area contributed by atoms with E-state index in [0.717, 1.165) is 0 Å². The quantitative estimate of drug-likeness (QED) is 0.245. The molecule has 0 fully saturated rings. The van der Waals surface area contributed by atoms with Gasteiger partial charge in [0.05, 0.1) is 31.7 Å². The Kier molecular flexibility index (Phi) is 7.01. The Morgan fingerprint density at radius 3 is 2.48 bits per heavy atom. The van der Waals surface area contributed by atoms with Crippen LogP contribution in [0.4, 0.5) is 17.2 Å². The number of aromatic nitrogens is 4. The molecule has 0 radical (unpaired) electrons. The van der Waals surface area contributed by atoms with Gasteiger partial charge in [-0.3, -0.25) is 9.59 Å². The molecule has 13 heteroatoms. The number of amides is 2. The number of fused-ring (bicyclic) bond motifs is 1. The fraction of sp³-hybridized carbons (Fsp3) is 0.0741. The Labute approximate surface area is 226 Å². The molecule has 40 heavy (non-hydrogen) atoms. The van der Waals surface area contributed by atoms with Crippen LogP contribution in [0.15, 0.2) is 83.4 Å². The zero-order chi connectivity index (χ0) is 28.2. The minimum Gasteiger partial charge on any atom is -0.505 e. The number of nitrogens with two attached hydrogens (primary N) is 1. The fourth-order valence-corrected chi connectivity index (χ4v) is 3.94. The summed E-state index contributed by atoms with van der Waals surface area (Å²) >= 11 is 0. The van der Waals surface area contributed by atoms with Gasteiger partial charge in [-0.2, -0.15) is 9.78 Å². The zero-order valence-corrected chi connectivity index (χ0v) is 21.3. The lowest BCUT2D eigenvalue weighted by Gasteiger charge is -2.14. The standard InChI is InChI=1S/C27H22N8O5/c1-39-16-8-9-20(21(13-16)40-2)32-26(38)18-12-15-6-3-4-7-17(15)22(23(18)36)33-34-25-19(24(28)37)14-31-35(25)27-29-10-5-11-30-27/h3-14,36H,1-2H3,(H2,28,37)(H,32,38). The van der Waals surface area contributed by atoms with Crippen LogP contribution >= 0.6 is 0 Å². The van der Waals surface area contributed by atoms with Crippen LogP contribution < -0.4 is 20.5 Å². The number of azo groups is 1. The largest absolute Gasteiger partial charge is 0.505 e. The molecule has 4 N–H and O–H groups in total. The van der Waals surface area contributed by atoms with Crippen LogP contribution in [-0.2, 0) is 0 Å². The van der Waals surface area contributed by atoms with Crippen molar-refractivity contribution in [3.05, 3.63) is 84.3 Å². The van der Waals surface area contributed by atoms with E-state index >= 15 is 0 Å². The molecule has 5 aromatic rings. The van der Waals surface area contributed by atoms with Gasteiger partial charge in [0.15, 0.2) is 11.6 Å². The Morgan fingerprint density at radius 1 is 0.975 bits per heavy atom. The molecule has 0 bridgehead atoms. The molecule has 0 spiro atoms. The first-order valence-corrected chi connectivity index (χ1v) is 11.8. The minimum atomic E-state index is -0.799. The van der Waals surface area contributed by atoms with Crippen LogP contribution in [0.25, 0.3) is 16.7 Å². The van der Waals surface area contributed by atoms with Crippen molar-refractivity contribution in [2.24, 2.45) is 16.0 Å². The average molecular weight is 539 g/mol. The highest BCUT2D eigenvalue weighted by Gasteiger charge is 2.22. The van der Waals surface area contributed by atoms with Crippen LogP contribution in [-0.4, -0.2) is 50.9 Å². The van der Waals surface area contributed by atoms with Crippen molar-refractivity contribution in [3.8, 4) is 23.2 Å². The first-order chi connectivity index (χ1) is 19.4. The number of aromatic hydroxyl groups is 1. The number of nitrogens with one attached hydrogen (secondary N) is 1. The maximum atomic E-state index is 13.3. The highest BCUT2D eigenvalue weighted by molar-refractivity contribution is 6.12. The summed E-state index contributed by atoms with van der Waals surface area (Å²) in [4.78, 5) is 33.7. The normalized spacial score (nSPS) is 11.1. The summed E-state index contributed by atoms with van der Waals surface area (Å²) < 4.78 is 11.8. The monoisotopic (exact) mass is 538 g/mol. The van der Waals surface area contributed by atoms with E-state index in [-0.39, 0.29) is 28.6 Å². The van der Waals surface area contributed by atoms with Crippen molar-refractivity contribution in [1.29, 1.82) is 0 Å². The molecule has 2 amide bonds. The number of benzene rings is 3. The minimum absolute atomic E-state index is 0.0119. The number of nitrogens with zero attached hydrogens (tertiary/aromatic N) is 6. The summed E-state index contributed by atoms with van der Waals surface area (Å²) in [6.45, 7) is 0. The van der Waals surface area contributed by atoms with Gasteiger partial charge in [-0.25, -0.2) is 9.97 Å². The highest BCUT2D eigenvalue weighted by Crippen LogP contribution is 2.40. The van der Waals surface area contributed by atoms with E-state index in [9.17, 15) is 14.7 Å². The molecular formula is C27H22N8O5. The van der Waals surface area contributed by atoms with Gasteiger partial charge in [-0.1, -0.05) is 24.3 Å². The van der Waals surface area contributed by atoms with Crippen LogP contribution in [0.3, 0.4) is 0 Å². The van der Waals surface area contributed by atoms with Gasteiger partial charge in [-0.15, -0.1) is 10.2 Å². The van der Waals surface area contributed by atoms with Crippen molar-refractivity contribution in [3.63, 3.8) is 0 Å². The van der Waals surface area contributed by atoms with Gasteiger partial charge < -0.3 is 25.6 Å². The first-order valence-electron chi connectivity index (χ1n) is 11.8. The molecule has 0 saturated carbocycles. The number of anilines is 1. The van der Waals surface area contributed by atoms with E-state index in [1.54, 1.807) is 48.5 Å². The Hall–Kier alpha value is -5.85. The second-order valence-electron chi connectivity index (χ2n) is 8.27. The number of methoxy groups -OCH3 is 2. The Balaban J connectivity index is 1.60. The molecule has 3 aromatic carbocycles. The van der Waals surface area contributed by atoms with Crippen LogP contribution in [0.1, 0.15) is 20.7 Å². The number of carbonyl (C=O) groups is 2. The predicted octanol–water partition coefficient (Wildman–Crippen LogP) is 4.30. The van der Waals surface area contributed by atoms with E-state index in [2.05, 4.69) is 30.6 Å². The molecule has 13 nitrogen and oxygen atoms in total. The lowest BCUT2D eigenvalue weighted by atomic mass is 10.0. The highest BCUT2D eigenvalue weighted by atomic mass is 16.5. The summed E-state index contributed by atoms with van der Waals surface area (Å²) in [5.74, 6) is -0.880. The third kappa shape index (κ3) is 4.86. The molecule has 0 unspecified atom stereocenters. The lowest BCUT2D eigenvalue weighted by Crippen LogP contribution is -2.13. The van der Waals surface area contributed by atoms with Crippen molar-refractivity contribution >= 4 is 39.8 Å². The summed E-state index contributed by atoms with van der Waals surface area (Å²) in [5, 5.41) is 27.6. The van der Waals surface area contributed by atoms with Crippen molar-refractivity contribution in [1.82, 2.24) is 19.7 Å². The summed E-state index contributed by atoms with van der Waals surface area (Å²) in [6, 6.07) is 15.0. The van der Waals surface area contributed by atoms with Crippen LogP contribution in [0.2, 0.25) is 0 Å². The number of carbonyl (C=O) groups excluding carboxylic acids is 2. The van der Waals surface area contributed by atoms with Crippen LogP contribution in [0.5, 0.6) is 17.2 Å². The molecule has 2 aromatic heterocycles. The van der Waals surface area contributed by atoms with E-state index in [0.29, 0.717) is 28.0 Å². The second-order valence-corrected chi connectivity index (χ2v) is 8.27. The molecular weight excluding hydrogens is 516 g/mol. The number of primary amides is 1. The second kappa shape index (κ2) is 10.9. The van der Waals surface area contributed by atoms with Gasteiger partial charge in [0.2, 0.25) is 0 Å². The molecule has 5 rings (SSSR count). The topological polar surface area (TPSA) is 179 Å². The number of phenolic OH excluding ortho intramolecular Hbond substituents is 1. The molecule has 0 aliphatic heterocycles. The Morgan fingerprint density at radius 2 is 1.75 bits per heavy atom. The number of rotatable bonds is 8. The number of ether oxygens (including phenoxy) is 2.